The summed E-state index contributed by atoms with van der Waals surface area (Å²) in [4.78, 5) is 24.5. The van der Waals surface area contributed by atoms with Gasteiger partial charge in [-0.15, -0.1) is 0 Å². The van der Waals surface area contributed by atoms with Crippen LogP contribution in [0.3, 0.4) is 0 Å². The molecule has 2 amide bonds. The van der Waals surface area contributed by atoms with Crippen LogP contribution in [0.5, 0.6) is 5.75 Å². The standard InChI is InChI=1S/C25H20F6N2O3/c26-24(27,28)18-11-17(12-19(13-18)25(29,30)31)23(35)33-21(22(32)34)10-16-7-4-8-20(9-16)36-14-15-5-2-1-3-6-15/h1-9,11-13,21H,10,14H2,(H2,32,34)(H,33,35)/t21-/m0/s1. The smallest absolute Gasteiger partial charge is 0.416 e. The van der Waals surface area contributed by atoms with E-state index in [1.54, 1.807) is 24.3 Å². The van der Waals surface area contributed by atoms with Crippen LogP contribution in [-0.2, 0) is 30.2 Å². The van der Waals surface area contributed by atoms with Crippen molar-refractivity contribution in [2.24, 2.45) is 5.73 Å². The van der Waals surface area contributed by atoms with Crippen molar-refractivity contribution in [3.63, 3.8) is 0 Å². The molecule has 0 aliphatic carbocycles. The third-order valence-corrected chi connectivity index (χ3v) is 5.09. The maximum atomic E-state index is 13.1. The summed E-state index contributed by atoms with van der Waals surface area (Å²) in [6, 6.07) is 14.8. The summed E-state index contributed by atoms with van der Waals surface area (Å²) < 4.78 is 84.3. The lowest BCUT2D eigenvalue weighted by Gasteiger charge is -2.18. The van der Waals surface area contributed by atoms with Crippen molar-refractivity contribution in [3.8, 4) is 5.75 Å². The van der Waals surface area contributed by atoms with E-state index in [9.17, 15) is 35.9 Å². The lowest BCUT2D eigenvalue weighted by molar-refractivity contribution is -0.143. The van der Waals surface area contributed by atoms with Crippen LogP contribution < -0.4 is 15.8 Å². The highest BCUT2D eigenvalue weighted by Crippen LogP contribution is 2.36. The first-order valence-corrected chi connectivity index (χ1v) is 10.5. The molecule has 0 fully saturated rings. The van der Waals surface area contributed by atoms with Crippen molar-refractivity contribution in [1.29, 1.82) is 0 Å². The van der Waals surface area contributed by atoms with Gasteiger partial charge in [0.25, 0.3) is 5.91 Å². The second-order valence-electron chi connectivity index (χ2n) is 7.85. The Bertz CT molecular complexity index is 1190. The maximum absolute atomic E-state index is 13.1. The van der Waals surface area contributed by atoms with E-state index in [2.05, 4.69) is 5.32 Å². The molecule has 0 aliphatic rings. The number of halogens is 6. The molecule has 0 saturated carbocycles. The van der Waals surface area contributed by atoms with Gasteiger partial charge in [0, 0.05) is 12.0 Å². The van der Waals surface area contributed by atoms with Gasteiger partial charge < -0.3 is 15.8 Å². The number of primary amides is 1. The summed E-state index contributed by atoms with van der Waals surface area (Å²) in [6.45, 7) is 0.261. The van der Waals surface area contributed by atoms with Gasteiger partial charge >= 0.3 is 12.4 Å². The van der Waals surface area contributed by atoms with Crippen molar-refractivity contribution in [2.75, 3.05) is 0 Å². The lowest BCUT2D eigenvalue weighted by atomic mass is 10.0. The molecule has 3 aromatic rings. The minimum atomic E-state index is -5.13. The Balaban J connectivity index is 1.77. The number of hydrogen-bond donors (Lipinski definition) is 2. The van der Waals surface area contributed by atoms with E-state index in [-0.39, 0.29) is 31.2 Å². The number of benzene rings is 3. The summed E-state index contributed by atoms with van der Waals surface area (Å²) in [5.74, 6) is -1.90. The Morgan fingerprint density at radius 2 is 1.39 bits per heavy atom. The van der Waals surface area contributed by atoms with E-state index < -0.39 is 46.9 Å². The van der Waals surface area contributed by atoms with Crippen molar-refractivity contribution in [1.82, 2.24) is 5.32 Å². The lowest BCUT2D eigenvalue weighted by Crippen LogP contribution is -2.46. The zero-order valence-electron chi connectivity index (χ0n) is 18.5. The SMILES string of the molecule is NC(=O)[C@H](Cc1cccc(OCc2ccccc2)c1)NC(=O)c1cc(C(F)(F)F)cc(C(F)(F)F)c1. The predicted molar refractivity (Wildman–Crippen MR) is 118 cm³/mol. The highest BCUT2D eigenvalue weighted by Gasteiger charge is 2.37. The predicted octanol–water partition coefficient (Wildman–Crippen LogP) is 5.13. The molecule has 0 heterocycles. The molecule has 0 aliphatic heterocycles. The molecule has 3 N–H and O–H groups in total. The zero-order chi connectivity index (χ0) is 26.5. The van der Waals surface area contributed by atoms with Gasteiger partial charge in [0.05, 0.1) is 11.1 Å². The molecule has 36 heavy (non-hydrogen) atoms. The molecule has 3 rings (SSSR count). The molecular formula is C25H20F6N2O3. The number of nitrogens with two attached hydrogens (primary N) is 1. The zero-order valence-corrected chi connectivity index (χ0v) is 18.5. The number of rotatable bonds is 8. The topological polar surface area (TPSA) is 81.4 Å². The fourth-order valence-electron chi connectivity index (χ4n) is 3.29. The Morgan fingerprint density at radius 3 is 1.94 bits per heavy atom. The largest absolute Gasteiger partial charge is 0.489 e. The summed E-state index contributed by atoms with van der Waals surface area (Å²) >= 11 is 0. The van der Waals surface area contributed by atoms with Crippen LogP contribution in [0, 0.1) is 0 Å². The summed E-state index contributed by atoms with van der Waals surface area (Å²) in [7, 11) is 0. The first kappa shape index (κ1) is 26.6. The third kappa shape index (κ3) is 7.24. The number of alkyl halides is 6. The average molecular weight is 510 g/mol. The van der Waals surface area contributed by atoms with E-state index in [1.807, 2.05) is 30.3 Å². The van der Waals surface area contributed by atoms with Crippen molar-refractivity contribution in [3.05, 3.63) is 101 Å². The first-order valence-electron chi connectivity index (χ1n) is 10.5. The van der Waals surface area contributed by atoms with Crippen LogP contribution in [0.2, 0.25) is 0 Å². The van der Waals surface area contributed by atoms with Crippen LogP contribution in [0.15, 0.2) is 72.8 Å². The number of nitrogens with one attached hydrogen (secondary N) is 1. The monoisotopic (exact) mass is 510 g/mol. The Kier molecular flexibility index (Phi) is 7.91. The number of hydrogen-bond acceptors (Lipinski definition) is 3. The van der Waals surface area contributed by atoms with Gasteiger partial charge in [-0.3, -0.25) is 9.59 Å². The molecule has 0 radical (unpaired) electrons. The molecule has 0 spiro atoms. The maximum Gasteiger partial charge on any atom is 0.416 e. The molecule has 0 bridgehead atoms. The van der Waals surface area contributed by atoms with Crippen LogP contribution in [-0.4, -0.2) is 17.9 Å². The van der Waals surface area contributed by atoms with Crippen molar-refractivity contribution >= 4 is 11.8 Å². The quantitative estimate of drug-likeness (QED) is 0.413. The number of ether oxygens (including phenoxy) is 1. The molecule has 3 aromatic carbocycles. The van der Waals surface area contributed by atoms with Crippen LogP contribution >= 0.6 is 0 Å². The van der Waals surface area contributed by atoms with Gasteiger partial charge in [0.2, 0.25) is 5.91 Å². The van der Waals surface area contributed by atoms with Crippen LogP contribution in [0.25, 0.3) is 0 Å². The van der Waals surface area contributed by atoms with E-state index in [4.69, 9.17) is 10.5 Å². The normalized spacial score (nSPS) is 12.6. The van der Waals surface area contributed by atoms with Gasteiger partial charge in [-0.25, -0.2) is 0 Å². The first-order chi connectivity index (χ1) is 16.8. The van der Waals surface area contributed by atoms with Gasteiger partial charge in [0.15, 0.2) is 0 Å². The van der Waals surface area contributed by atoms with Gasteiger partial charge in [0.1, 0.15) is 18.4 Å². The molecule has 0 saturated heterocycles. The highest BCUT2D eigenvalue weighted by atomic mass is 19.4. The summed E-state index contributed by atoms with van der Waals surface area (Å²) in [5.41, 5.74) is 2.52. The van der Waals surface area contributed by atoms with E-state index >= 15 is 0 Å². The van der Waals surface area contributed by atoms with E-state index in [1.165, 1.54) is 0 Å². The molecule has 0 aromatic heterocycles. The number of carbonyl (C=O) groups excluding carboxylic acids is 2. The van der Waals surface area contributed by atoms with Crippen molar-refractivity contribution in [2.45, 2.75) is 31.4 Å². The summed E-state index contributed by atoms with van der Waals surface area (Å²) in [6.07, 6.45) is -10.4. The molecular weight excluding hydrogens is 490 g/mol. The average Bonchev–Trinajstić information content (AvgIpc) is 2.81. The van der Waals surface area contributed by atoms with Gasteiger partial charge in [-0.1, -0.05) is 42.5 Å². The fourth-order valence-corrected chi connectivity index (χ4v) is 3.29. The number of carbonyl (C=O) groups is 2. The van der Waals surface area contributed by atoms with Crippen LogP contribution in [0.4, 0.5) is 26.3 Å². The Morgan fingerprint density at radius 1 is 0.806 bits per heavy atom. The van der Waals surface area contributed by atoms with Crippen LogP contribution in [0.1, 0.15) is 32.6 Å². The highest BCUT2D eigenvalue weighted by molar-refractivity contribution is 5.97. The van der Waals surface area contributed by atoms with E-state index in [0.29, 0.717) is 11.3 Å². The fraction of sp³-hybridized carbons (Fsp3) is 0.200. The summed E-state index contributed by atoms with van der Waals surface area (Å²) in [5, 5.41) is 2.13. The molecule has 11 heteroatoms. The Hall–Kier alpha value is -4.02. The molecule has 5 nitrogen and oxygen atoms in total. The molecule has 1 atom stereocenters. The number of amides is 2. The van der Waals surface area contributed by atoms with Gasteiger partial charge in [-0.05, 0) is 41.5 Å². The minimum Gasteiger partial charge on any atom is -0.489 e. The third-order valence-electron chi connectivity index (χ3n) is 5.09. The Labute approximate surface area is 201 Å². The molecule has 190 valence electrons. The van der Waals surface area contributed by atoms with E-state index in [0.717, 1.165) is 5.56 Å². The van der Waals surface area contributed by atoms with Gasteiger partial charge in [-0.2, -0.15) is 26.3 Å². The molecule has 0 unspecified atom stereocenters. The minimum absolute atomic E-state index is 0.0940. The van der Waals surface area contributed by atoms with Crippen molar-refractivity contribution < 1.29 is 40.7 Å². The second-order valence-corrected chi connectivity index (χ2v) is 7.85. The second kappa shape index (κ2) is 10.7.